The Morgan fingerprint density at radius 1 is 1.04 bits per heavy atom. The Balaban J connectivity index is 1.40. The lowest BCUT2D eigenvalue weighted by atomic mass is 10.1. The fourth-order valence-electron chi connectivity index (χ4n) is 3.19. The highest BCUT2D eigenvalue weighted by Gasteiger charge is 2.24. The predicted molar refractivity (Wildman–Crippen MR) is 99.4 cm³/mol. The second-order valence-electron chi connectivity index (χ2n) is 6.52. The molecule has 2 aromatic rings. The van der Waals surface area contributed by atoms with E-state index in [1.807, 2.05) is 41.3 Å². The molecule has 0 radical (unpaired) electrons. The molecule has 0 aliphatic carbocycles. The van der Waals surface area contributed by atoms with Crippen LogP contribution in [0.25, 0.3) is 0 Å². The first-order valence-corrected chi connectivity index (χ1v) is 9.04. The molecule has 0 aromatic heterocycles. The van der Waals surface area contributed by atoms with Crippen LogP contribution in [-0.2, 0) is 17.8 Å². The first kappa shape index (κ1) is 17.5. The highest BCUT2D eigenvalue weighted by atomic mass is 16.6. The number of hydrogen-bond acceptors (Lipinski definition) is 3. The number of likely N-dealkylation sites (tertiary alicyclic amines) is 1. The molecule has 2 aromatic carbocycles. The van der Waals surface area contributed by atoms with Crippen molar-refractivity contribution in [2.24, 2.45) is 0 Å². The lowest BCUT2D eigenvalue weighted by Crippen LogP contribution is -2.48. The lowest BCUT2D eigenvalue weighted by molar-refractivity contribution is 0.0834. The molecule has 1 aliphatic rings. The molecule has 4 heteroatoms. The van der Waals surface area contributed by atoms with Crippen molar-refractivity contribution in [3.8, 4) is 0 Å². The van der Waals surface area contributed by atoms with Gasteiger partial charge in [0.2, 0.25) is 0 Å². The first-order chi connectivity index (χ1) is 12.3. The SMILES string of the molecule is O=C(OCc1ccccc1)N1CCCC(NCCc2ccccc2)C1. The van der Waals surface area contributed by atoms with Crippen LogP contribution in [0.2, 0.25) is 0 Å². The summed E-state index contributed by atoms with van der Waals surface area (Å²) in [6, 6.07) is 20.6. The number of hydrogen-bond donors (Lipinski definition) is 1. The van der Waals surface area contributed by atoms with E-state index in [9.17, 15) is 4.79 Å². The summed E-state index contributed by atoms with van der Waals surface area (Å²) >= 11 is 0. The third-order valence-electron chi connectivity index (χ3n) is 4.57. The fourth-order valence-corrected chi connectivity index (χ4v) is 3.19. The Kier molecular flexibility index (Phi) is 6.46. The number of benzene rings is 2. The Hall–Kier alpha value is -2.33. The number of nitrogens with one attached hydrogen (secondary N) is 1. The second-order valence-corrected chi connectivity index (χ2v) is 6.52. The van der Waals surface area contributed by atoms with Crippen molar-refractivity contribution in [2.75, 3.05) is 19.6 Å². The highest BCUT2D eigenvalue weighted by Crippen LogP contribution is 2.12. The van der Waals surface area contributed by atoms with Gasteiger partial charge in [0.05, 0.1) is 0 Å². The average Bonchev–Trinajstić information content (AvgIpc) is 2.68. The smallest absolute Gasteiger partial charge is 0.410 e. The van der Waals surface area contributed by atoms with Crippen molar-refractivity contribution in [2.45, 2.75) is 31.9 Å². The van der Waals surface area contributed by atoms with Crippen molar-refractivity contribution in [3.63, 3.8) is 0 Å². The zero-order valence-corrected chi connectivity index (χ0v) is 14.6. The monoisotopic (exact) mass is 338 g/mol. The van der Waals surface area contributed by atoms with Gasteiger partial charge < -0.3 is 15.0 Å². The van der Waals surface area contributed by atoms with E-state index in [0.29, 0.717) is 12.6 Å². The molecule has 0 spiro atoms. The fraction of sp³-hybridized carbons (Fsp3) is 0.381. The zero-order valence-electron chi connectivity index (χ0n) is 14.6. The Bertz CT molecular complexity index is 645. The summed E-state index contributed by atoms with van der Waals surface area (Å²) in [5.41, 5.74) is 2.36. The maximum absolute atomic E-state index is 12.3. The Labute approximate surface area is 149 Å². The van der Waals surface area contributed by atoms with Gasteiger partial charge in [-0.2, -0.15) is 0 Å². The molecule has 4 nitrogen and oxygen atoms in total. The van der Waals surface area contributed by atoms with Crippen LogP contribution in [0.3, 0.4) is 0 Å². The van der Waals surface area contributed by atoms with Crippen LogP contribution in [0, 0.1) is 0 Å². The van der Waals surface area contributed by atoms with E-state index < -0.39 is 0 Å². The number of nitrogens with zero attached hydrogens (tertiary/aromatic N) is 1. The maximum atomic E-state index is 12.3. The normalized spacial score (nSPS) is 17.3. The van der Waals surface area contributed by atoms with Crippen molar-refractivity contribution in [3.05, 3.63) is 71.8 Å². The number of rotatable bonds is 6. The minimum Gasteiger partial charge on any atom is -0.445 e. The molecule has 0 bridgehead atoms. The Morgan fingerprint density at radius 2 is 1.72 bits per heavy atom. The van der Waals surface area contributed by atoms with Crippen LogP contribution < -0.4 is 5.32 Å². The van der Waals surface area contributed by atoms with Gasteiger partial charge in [-0.1, -0.05) is 60.7 Å². The quantitative estimate of drug-likeness (QED) is 0.875. The molecule has 1 amide bonds. The summed E-state index contributed by atoms with van der Waals surface area (Å²) in [5, 5.41) is 3.58. The van der Waals surface area contributed by atoms with Crippen molar-refractivity contribution >= 4 is 6.09 Å². The minimum absolute atomic E-state index is 0.210. The minimum atomic E-state index is -0.210. The van der Waals surface area contributed by atoms with Crippen LogP contribution >= 0.6 is 0 Å². The van der Waals surface area contributed by atoms with Crippen LogP contribution in [-0.4, -0.2) is 36.7 Å². The van der Waals surface area contributed by atoms with E-state index in [0.717, 1.165) is 44.5 Å². The zero-order chi connectivity index (χ0) is 17.3. The molecule has 1 unspecified atom stereocenters. The third kappa shape index (κ3) is 5.61. The van der Waals surface area contributed by atoms with Gasteiger partial charge in [0.15, 0.2) is 0 Å². The summed E-state index contributed by atoms with van der Waals surface area (Å²) in [5.74, 6) is 0. The highest BCUT2D eigenvalue weighted by molar-refractivity contribution is 5.67. The molecular formula is C21H26N2O2. The summed E-state index contributed by atoms with van der Waals surface area (Å²) in [6.45, 7) is 2.77. The van der Waals surface area contributed by atoms with Gasteiger partial charge in [-0.25, -0.2) is 4.79 Å². The topological polar surface area (TPSA) is 41.6 Å². The van der Waals surface area contributed by atoms with Crippen molar-refractivity contribution in [1.29, 1.82) is 0 Å². The molecule has 1 aliphatic heterocycles. The van der Waals surface area contributed by atoms with Gasteiger partial charge in [0.25, 0.3) is 0 Å². The summed E-state index contributed by atoms with van der Waals surface area (Å²) in [6.07, 6.45) is 2.93. The van der Waals surface area contributed by atoms with Crippen LogP contribution in [0.5, 0.6) is 0 Å². The van der Waals surface area contributed by atoms with E-state index in [1.165, 1.54) is 5.56 Å². The molecule has 1 saturated heterocycles. The van der Waals surface area contributed by atoms with E-state index in [-0.39, 0.29) is 6.09 Å². The van der Waals surface area contributed by atoms with Crippen LogP contribution in [0.1, 0.15) is 24.0 Å². The summed E-state index contributed by atoms with van der Waals surface area (Å²) in [7, 11) is 0. The van der Waals surface area contributed by atoms with Gasteiger partial charge in [0, 0.05) is 19.1 Å². The molecule has 132 valence electrons. The van der Waals surface area contributed by atoms with Crippen LogP contribution in [0.15, 0.2) is 60.7 Å². The van der Waals surface area contributed by atoms with Gasteiger partial charge in [-0.3, -0.25) is 0 Å². The maximum Gasteiger partial charge on any atom is 0.410 e. The van der Waals surface area contributed by atoms with Crippen LogP contribution in [0.4, 0.5) is 4.79 Å². The van der Waals surface area contributed by atoms with Crippen molar-refractivity contribution < 1.29 is 9.53 Å². The van der Waals surface area contributed by atoms with E-state index in [1.54, 1.807) is 0 Å². The van der Waals surface area contributed by atoms with E-state index in [4.69, 9.17) is 4.74 Å². The van der Waals surface area contributed by atoms with Crippen molar-refractivity contribution in [1.82, 2.24) is 10.2 Å². The number of ether oxygens (including phenoxy) is 1. The molecule has 0 saturated carbocycles. The molecule has 1 fully saturated rings. The largest absolute Gasteiger partial charge is 0.445 e. The number of carbonyl (C=O) groups is 1. The van der Waals surface area contributed by atoms with E-state index >= 15 is 0 Å². The van der Waals surface area contributed by atoms with Gasteiger partial charge >= 0.3 is 6.09 Å². The van der Waals surface area contributed by atoms with Gasteiger partial charge in [0.1, 0.15) is 6.61 Å². The summed E-state index contributed by atoms with van der Waals surface area (Å²) in [4.78, 5) is 14.1. The number of piperidine rings is 1. The average molecular weight is 338 g/mol. The summed E-state index contributed by atoms with van der Waals surface area (Å²) < 4.78 is 5.45. The molecule has 1 N–H and O–H groups in total. The predicted octanol–water partition coefficient (Wildman–Crippen LogP) is 3.62. The standard InChI is InChI=1S/C21H26N2O2/c24-21(25-17-19-10-5-2-6-11-19)23-15-7-12-20(16-23)22-14-13-18-8-3-1-4-9-18/h1-6,8-11,20,22H,7,12-17H2. The van der Waals surface area contributed by atoms with Gasteiger partial charge in [-0.05, 0) is 36.9 Å². The molecule has 25 heavy (non-hydrogen) atoms. The molecular weight excluding hydrogens is 312 g/mol. The molecule has 1 atom stereocenters. The molecule has 1 heterocycles. The number of amides is 1. The number of carbonyl (C=O) groups excluding carboxylic acids is 1. The van der Waals surface area contributed by atoms with Gasteiger partial charge in [-0.15, -0.1) is 0 Å². The first-order valence-electron chi connectivity index (χ1n) is 9.04. The van der Waals surface area contributed by atoms with E-state index in [2.05, 4.69) is 29.6 Å². The Morgan fingerprint density at radius 3 is 2.44 bits per heavy atom. The molecule has 3 rings (SSSR count). The third-order valence-corrected chi connectivity index (χ3v) is 4.57. The second kappa shape index (κ2) is 9.23. The lowest BCUT2D eigenvalue weighted by Gasteiger charge is -2.32.